The number of benzene rings is 2. The summed E-state index contributed by atoms with van der Waals surface area (Å²) >= 11 is 1.53. The Morgan fingerprint density at radius 3 is 2.12 bits per heavy atom. The van der Waals surface area contributed by atoms with Crippen LogP contribution in [-0.4, -0.2) is 47.8 Å². The molecule has 1 aliphatic heterocycles. The van der Waals surface area contributed by atoms with E-state index in [-0.39, 0.29) is 11.8 Å². The van der Waals surface area contributed by atoms with Crippen molar-refractivity contribution in [1.29, 1.82) is 0 Å². The highest BCUT2D eigenvalue weighted by Gasteiger charge is 2.26. The van der Waals surface area contributed by atoms with Gasteiger partial charge in [0.15, 0.2) is 0 Å². The lowest BCUT2D eigenvalue weighted by atomic mass is 10.1. The zero-order valence-corrected chi connectivity index (χ0v) is 15.5. The molecule has 0 aliphatic carbocycles. The van der Waals surface area contributed by atoms with Crippen molar-refractivity contribution in [1.82, 2.24) is 9.80 Å². The number of aryl methyl sites for hydroxylation is 1. The van der Waals surface area contributed by atoms with Gasteiger partial charge in [-0.1, -0.05) is 35.9 Å². The van der Waals surface area contributed by atoms with E-state index in [2.05, 4.69) is 0 Å². The molecule has 1 saturated heterocycles. The number of rotatable bonds is 2. The van der Waals surface area contributed by atoms with E-state index < -0.39 is 0 Å². The molecule has 132 valence electrons. The van der Waals surface area contributed by atoms with Gasteiger partial charge in [0.25, 0.3) is 11.8 Å². The van der Waals surface area contributed by atoms with Crippen LogP contribution in [0.1, 0.15) is 25.6 Å². The van der Waals surface area contributed by atoms with Gasteiger partial charge in [-0.05, 0) is 36.6 Å². The summed E-state index contributed by atoms with van der Waals surface area (Å²) in [6.07, 6.45) is 0. The lowest BCUT2D eigenvalue weighted by Crippen LogP contribution is -2.50. The number of thiophene rings is 1. The number of nitrogens with zero attached hydrogens (tertiary/aromatic N) is 2. The molecule has 0 saturated carbocycles. The molecule has 0 atom stereocenters. The van der Waals surface area contributed by atoms with E-state index in [1.807, 2.05) is 71.3 Å². The van der Waals surface area contributed by atoms with E-state index in [0.29, 0.717) is 31.7 Å². The number of amides is 2. The van der Waals surface area contributed by atoms with Crippen LogP contribution in [0.15, 0.2) is 54.6 Å². The molecule has 2 aromatic carbocycles. The van der Waals surface area contributed by atoms with Gasteiger partial charge in [-0.2, -0.15) is 0 Å². The van der Waals surface area contributed by atoms with Crippen molar-refractivity contribution >= 4 is 33.2 Å². The van der Waals surface area contributed by atoms with Gasteiger partial charge in [-0.15, -0.1) is 11.3 Å². The fraction of sp³-hybridized carbons (Fsp3) is 0.238. The van der Waals surface area contributed by atoms with Crippen molar-refractivity contribution in [3.05, 3.63) is 70.6 Å². The second-order valence-corrected chi connectivity index (χ2v) is 7.68. The average Bonchev–Trinajstić information content (AvgIpc) is 3.12. The van der Waals surface area contributed by atoms with E-state index in [1.54, 1.807) is 0 Å². The van der Waals surface area contributed by atoms with E-state index in [1.165, 1.54) is 11.3 Å². The standard InChI is InChI=1S/C21H20N2O2S/c1-15-6-8-16(9-7-15)20(24)22-10-12-23(13-11-22)21(25)19-14-17-4-2-3-5-18(17)26-19/h2-9,14H,10-13H2,1H3. The van der Waals surface area contributed by atoms with Crippen molar-refractivity contribution in [3.8, 4) is 0 Å². The van der Waals surface area contributed by atoms with Gasteiger partial charge in [0.05, 0.1) is 4.88 Å². The van der Waals surface area contributed by atoms with E-state index in [0.717, 1.165) is 20.5 Å². The zero-order valence-electron chi connectivity index (χ0n) is 14.6. The lowest BCUT2D eigenvalue weighted by molar-refractivity contribution is 0.0538. The molecule has 5 heteroatoms. The monoisotopic (exact) mass is 364 g/mol. The minimum absolute atomic E-state index is 0.0407. The van der Waals surface area contributed by atoms with Crippen LogP contribution in [-0.2, 0) is 0 Å². The summed E-state index contributed by atoms with van der Waals surface area (Å²) < 4.78 is 1.13. The molecule has 4 nitrogen and oxygen atoms in total. The molecule has 1 aromatic heterocycles. The van der Waals surface area contributed by atoms with Crippen molar-refractivity contribution in [2.24, 2.45) is 0 Å². The summed E-state index contributed by atoms with van der Waals surface area (Å²) in [7, 11) is 0. The Balaban J connectivity index is 1.42. The minimum Gasteiger partial charge on any atom is -0.335 e. The molecule has 2 amide bonds. The first-order chi connectivity index (χ1) is 12.6. The maximum Gasteiger partial charge on any atom is 0.264 e. The normalized spacial score (nSPS) is 14.7. The molecule has 0 radical (unpaired) electrons. The first kappa shape index (κ1) is 16.8. The Labute approximate surface area is 156 Å². The molecule has 0 bridgehead atoms. The molecule has 0 unspecified atom stereocenters. The van der Waals surface area contributed by atoms with Crippen LogP contribution in [0.4, 0.5) is 0 Å². The predicted molar refractivity (Wildman–Crippen MR) is 105 cm³/mol. The van der Waals surface area contributed by atoms with Crippen LogP contribution in [0.2, 0.25) is 0 Å². The smallest absolute Gasteiger partial charge is 0.264 e. The van der Waals surface area contributed by atoms with Gasteiger partial charge in [0.1, 0.15) is 0 Å². The molecule has 26 heavy (non-hydrogen) atoms. The average molecular weight is 364 g/mol. The van der Waals surface area contributed by atoms with Crippen LogP contribution in [0.25, 0.3) is 10.1 Å². The molecule has 0 spiro atoms. The Bertz CT molecular complexity index is 921. The maximum atomic E-state index is 12.8. The Hall–Kier alpha value is -2.66. The quantitative estimate of drug-likeness (QED) is 0.694. The molecule has 4 rings (SSSR count). The van der Waals surface area contributed by atoms with E-state index in [4.69, 9.17) is 0 Å². The highest BCUT2D eigenvalue weighted by Crippen LogP contribution is 2.26. The van der Waals surface area contributed by atoms with Gasteiger partial charge < -0.3 is 9.80 Å². The third-order valence-electron chi connectivity index (χ3n) is 4.79. The summed E-state index contributed by atoms with van der Waals surface area (Å²) in [4.78, 5) is 29.8. The van der Waals surface area contributed by atoms with Crippen molar-refractivity contribution < 1.29 is 9.59 Å². The van der Waals surface area contributed by atoms with E-state index in [9.17, 15) is 9.59 Å². The van der Waals surface area contributed by atoms with Crippen molar-refractivity contribution in [3.63, 3.8) is 0 Å². The molecule has 0 N–H and O–H groups in total. The Morgan fingerprint density at radius 2 is 1.46 bits per heavy atom. The second-order valence-electron chi connectivity index (χ2n) is 6.60. The SMILES string of the molecule is Cc1ccc(C(=O)N2CCN(C(=O)c3cc4ccccc4s3)CC2)cc1. The van der Waals surface area contributed by atoms with Gasteiger partial charge in [0, 0.05) is 36.4 Å². The molecule has 3 aromatic rings. The largest absolute Gasteiger partial charge is 0.335 e. The third-order valence-corrected chi connectivity index (χ3v) is 5.89. The number of carbonyl (C=O) groups excluding carboxylic acids is 2. The fourth-order valence-corrected chi connectivity index (χ4v) is 4.27. The predicted octanol–water partition coefficient (Wildman–Crippen LogP) is 3.81. The van der Waals surface area contributed by atoms with Gasteiger partial charge in [-0.25, -0.2) is 0 Å². The first-order valence-corrected chi connectivity index (χ1v) is 9.57. The summed E-state index contributed by atoms with van der Waals surface area (Å²) in [6, 6.07) is 17.6. The third kappa shape index (κ3) is 3.22. The van der Waals surface area contributed by atoms with Crippen LogP contribution in [0.3, 0.4) is 0 Å². The second kappa shape index (κ2) is 6.92. The highest BCUT2D eigenvalue weighted by molar-refractivity contribution is 7.20. The lowest BCUT2D eigenvalue weighted by Gasteiger charge is -2.34. The molecule has 1 fully saturated rings. The number of hydrogen-bond donors (Lipinski definition) is 0. The molecular weight excluding hydrogens is 344 g/mol. The summed E-state index contributed by atoms with van der Waals surface area (Å²) in [6.45, 7) is 4.30. The van der Waals surface area contributed by atoms with Gasteiger partial charge in [-0.3, -0.25) is 9.59 Å². The summed E-state index contributed by atoms with van der Waals surface area (Å²) in [5.74, 6) is 0.104. The topological polar surface area (TPSA) is 40.6 Å². The van der Waals surface area contributed by atoms with Gasteiger partial charge >= 0.3 is 0 Å². The molecule has 1 aliphatic rings. The summed E-state index contributed by atoms with van der Waals surface area (Å²) in [5, 5.41) is 1.11. The molecular formula is C21H20N2O2S. The fourth-order valence-electron chi connectivity index (χ4n) is 3.23. The number of piperazine rings is 1. The maximum absolute atomic E-state index is 12.8. The van der Waals surface area contributed by atoms with Crippen LogP contribution >= 0.6 is 11.3 Å². The Morgan fingerprint density at radius 1 is 0.846 bits per heavy atom. The molecule has 2 heterocycles. The van der Waals surface area contributed by atoms with Crippen molar-refractivity contribution in [2.45, 2.75) is 6.92 Å². The summed E-state index contributed by atoms with van der Waals surface area (Å²) in [5.41, 5.74) is 1.85. The number of carbonyl (C=O) groups is 2. The van der Waals surface area contributed by atoms with Crippen molar-refractivity contribution in [2.75, 3.05) is 26.2 Å². The first-order valence-electron chi connectivity index (χ1n) is 8.75. The zero-order chi connectivity index (χ0) is 18.1. The van der Waals surface area contributed by atoms with Crippen LogP contribution in [0.5, 0.6) is 0 Å². The van der Waals surface area contributed by atoms with Crippen LogP contribution in [0, 0.1) is 6.92 Å². The minimum atomic E-state index is 0.0407. The van der Waals surface area contributed by atoms with E-state index >= 15 is 0 Å². The highest BCUT2D eigenvalue weighted by atomic mass is 32.1. The number of hydrogen-bond acceptors (Lipinski definition) is 3. The number of fused-ring (bicyclic) bond motifs is 1. The van der Waals surface area contributed by atoms with Gasteiger partial charge in [0.2, 0.25) is 0 Å². The Kier molecular flexibility index (Phi) is 4.47. The van der Waals surface area contributed by atoms with Crippen LogP contribution < -0.4 is 0 Å².